The standard InChI is InChI=1S/C23H30FN3O4S2/c1-2-6-21(23(29)26-18-7-3-4-8-18)27(16-19-9-5-14-32-19)22(28)15-25-33(30,31)20-12-10-17(24)11-13-20/h5,9-14,18,21,25H,2-4,6-8,15-16H2,1H3,(H,26,29)/t21-/m1/s1. The van der Waals surface area contributed by atoms with Gasteiger partial charge in [0.15, 0.2) is 0 Å². The van der Waals surface area contributed by atoms with Crippen molar-refractivity contribution in [2.24, 2.45) is 0 Å². The summed E-state index contributed by atoms with van der Waals surface area (Å²) in [5.41, 5.74) is 0. The van der Waals surface area contributed by atoms with E-state index < -0.39 is 34.3 Å². The number of carbonyl (C=O) groups excluding carboxylic acids is 2. The predicted octanol–water partition coefficient (Wildman–Crippen LogP) is 3.42. The second-order valence-electron chi connectivity index (χ2n) is 8.17. The third kappa shape index (κ3) is 7.09. The molecule has 1 heterocycles. The summed E-state index contributed by atoms with van der Waals surface area (Å²) in [6.07, 6.45) is 5.18. The number of hydrogen-bond donors (Lipinski definition) is 2. The first-order valence-corrected chi connectivity index (χ1v) is 13.5. The normalized spacial score (nSPS) is 15.3. The van der Waals surface area contributed by atoms with Crippen molar-refractivity contribution in [1.82, 2.24) is 14.9 Å². The third-order valence-electron chi connectivity index (χ3n) is 5.71. The van der Waals surface area contributed by atoms with Gasteiger partial charge < -0.3 is 10.2 Å². The molecular formula is C23H30FN3O4S2. The Kier molecular flexibility index (Phi) is 8.99. The van der Waals surface area contributed by atoms with Gasteiger partial charge in [0, 0.05) is 10.9 Å². The van der Waals surface area contributed by atoms with Crippen LogP contribution in [0.4, 0.5) is 4.39 Å². The number of sulfonamides is 1. The van der Waals surface area contributed by atoms with Gasteiger partial charge in [0.1, 0.15) is 11.9 Å². The van der Waals surface area contributed by atoms with Crippen molar-refractivity contribution in [3.05, 3.63) is 52.5 Å². The Morgan fingerprint density at radius 2 is 1.88 bits per heavy atom. The van der Waals surface area contributed by atoms with Crippen LogP contribution in [0.15, 0.2) is 46.7 Å². The number of carbonyl (C=O) groups is 2. The van der Waals surface area contributed by atoms with Gasteiger partial charge in [0.25, 0.3) is 0 Å². The molecule has 7 nitrogen and oxygen atoms in total. The molecule has 2 N–H and O–H groups in total. The van der Waals surface area contributed by atoms with Crippen molar-refractivity contribution in [3.63, 3.8) is 0 Å². The lowest BCUT2D eigenvalue weighted by molar-refractivity contribution is -0.141. The fourth-order valence-corrected chi connectivity index (χ4v) is 5.64. The van der Waals surface area contributed by atoms with Crippen LogP contribution in [0.25, 0.3) is 0 Å². The van der Waals surface area contributed by atoms with Gasteiger partial charge in [-0.05, 0) is 55.0 Å². The fourth-order valence-electron chi connectivity index (χ4n) is 3.97. The third-order valence-corrected chi connectivity index (χ3v) is 7.98. The topological polar surface area (TPSA) is 95.6 Å². The molecule has 1 saturated carbocycles. The molecule has 0 spiro atoms. The summed E-state index contributed by atoms with van der Waals surface area (Å²) in [6, 6.07) is 7.54. The van der Waals surface area contributed by atoms with Gasteiger partial charge in [-0.2, -0.15) is 0 Å². The molecule has 3 rings (SSSR count). The Hall–Kier alpha value is -2.30. The van der Waals surface area contributed by atoms with Crippen LogP contribution < -0.4 is 10.0 Å². The minimum Gasteiger partial charge on any atom is -0.352 e. The van der Waals surface area contributed by atoms with Gasteiger partial charge in [-0.25, -0.2) is 17.5 Å². The average molecular weight is 496 g/mol. The van der Waals surface area contributed by atoms with Gasteiger partial charge >= 0.3 is 0 Å². The molecule has 0 aliphatic heterocycles. The molecule has 1 aliphatic carbocycles. The molecule has 0 unspecified atom stereocenters. The summed E-state index contributed by atoms with van der Waals surface area (Å²) in [4.78, 5) is 28.6. The molecule has 2 amide bonds. The minimum absolute atomic E-state index is 0.118. The van der Waals surface area contributed by atoms with E-state index in [4.69, 9.17) is 0 Å². The van der Waals surface area contributed by atoms with Gasteiger partial charge in [-0.1, -0.05) is 32.3 Å². The van der Waals surface area contributed by atoms with Crippen LogP contribution in [0, 0.1) is 5.82 Å². The highest BCUT2D eigenvalue weighted by Gasteiger charge is 2.32. The molecule has 1 aliphatic rings. The molecule has 2 aromatic rings. The van der Waals surface area contributed by atoms with Crippen LogP contribution >= 0.6 is 11.3 Å². The first-order chi connectivity index (χ1) is 15.8. The molecular weight excluding hydrogens is 465 g/mol. The fraction of sp³-hybridized carbons (Fsp3) is 0.478. The zero-order valence-corrected chi connectivity index (χ0v) is 20.3. The molecule has 1 fully saturated rings. The van der Waals surface area contributed by atoms with E-state index in [9.17, 15) is 22.4 Å². The Labute approximate surface area is 198 Å². The lowest BCUT2D eigenvalue weighted by Crippen LogP contribution is -2.53. The van der Waals surface area contributed by atoms with E-state index in [0.29, 0.717) is 12.8 Å². The number of hydrogen-bond acceptors (Lipinski definition) is 5. The molecule has 10 heteroatoms. The lowest BCUT2D eigenvalue weighted by Gasteiger charge is -2.31. The number of thiophene rings is 1. The highest BCUT2D eigenvalue weighted by Crippen LogP contribution is 2.21. The second kappa shape index (κ2) is 11.7. The lowest BCUT2D eigenvalue weighted by atomic mass is 10.1. The van der Waals surface area contributed by atoms with Crippen LogP contribution in [0.3, 0.4) is 0 Å². The van der Waals surface area contributed by atoms with E-state index in [-0.39, 0.29) is 23.4 Å². The quantitative estimate of drug-likeness (QED) is 0.499. The van der Waals surface area contributed by atoms with E-state index in [1.54, 1.807) is 0 Å². The first-order valence-electron chi connectivity index (χ1n) is 11.2. The summed E-state index contributed by atoms with van der Waals surface area (Å²) >= 11 is 1.47. The minimum atomic E-state index is -4.01. The van der Waals surface area contributed by atoms with Crippen molar-refractivity contribution in [1.29, 1.82) is 0 Å². The number of amides is 2. The zero-order chi connectivity index (χ0) is 23.8. The van der Waals surface area contributed by atoms with E-state index in [1.807, 2.05) is 24.4 Å². The van der Waals surface area contributed by atoms with E-state index in [1.165, 1.54) is 16.2 Å². The van der Waals surface area contributed by atoms with Gasteiger partial charge in [-0.3, -0.25) is 9.59 Å². The van der Waals surface area contributed by atoms with E-state index >= 15 is 0 Å². The monoisotopic (exact) mass is 495 g/mol. The van der Waals surface area contributed by atoms with Crippen LogP contribution in [0.2, 0.25) is 0 Å². The molecule has 1 aromatic heterocycles. The van der Waals surface area contributed by atoms with Crippen LogP contribution in [-0.2, 0) is 26.2 Å². The maximum absolute atomic E-state index is 13.2. The maximum atomic E-state index is 13.2. The van der Waals surface area contributed by atoms with Gasteiger partial charge in [0.2, 0.25) is 21.8 Å². The Balaban J connectivity index is 1.76. The predicted molar refractivity (Wildman–Crippen MR) is 126 cm³/mol. The van der Waals surface area contributed by atoms with Crippen molar-refractivity contribution >= 4 is 33.2 Å². The summed E-state index contributed by atoms with van der Waals surface area (Å²) in [7, 11) is -4.01. The van der Waals surface area contributed by atoms with Crippen molar-refractivity contribution < 1.29 is 22.4 Å². The van der Waals surface area contributed by atoms with E-state index in [2.05, 4.69) is 10.0 Å². The van der Waals surface area contributed by atoms with E-state index in [0.717, 1.165) is 54.8 Å². The van der Waals surface area contributed by atoms with Crippen molar-refractivity contribution in [3.8, 4) is 0 Å². The summed E-state index contributed by atoms with van der Waals surface area (Å²) < 4.78 is 40.6. The van der Waals surface area contributed by atoms with Crippen molar-refractivity contribution in [2.45, 2.75) is 69.0 Å². The Bertz CT molecular complexity index is 1020. The summed E-state index contributed by atoms with van der Waals surface area (Å²) in [5.74, 6) is -1.24. The SMILES string of the molecule is CCC[C@H](C(=O)NC1CCCC1)N(Cc1cccs1)C(=O)CNS(=O)(=O)c1ccc(F)cc1. The molecule has 1 aromatic carbocycles. The number of benzene rings is 1. The Morgan fingerprint density at radius 1 is 1.18 bits per heavy atom. The largest absolute Gasteiger partial charge is 0.352 e. The van der Waals surface area contributed by atoms with Gasteiger partial charge in [0.05, 0.1) is 18.0 Å². The molecule has 33 heavy (non-hydrogen) atoms. The molecule has 0 saturated heterocycles. The second-order valence-corrected chi connectivity index (χ2v) is 11.0. The summed E-state index contributed by atoms with van der Waals surface area (Å²) in [5, 5.41) is 4.97. The number of nitrogens with one attached hydrogen (secondary N) is 2. The summed E-state index contributed by atoms with van der Waals surface area (Å²) in [6.45, 7) is 1.67. The molecule has 0 radical (unpaired) electrons. The average Bonchev–Trinajstić information content (AvgIpc) is 3.49. The number of rotatable bonds is 11. The van der Waals surface area contributed by atoms with Crippen molar-refractivity contribution in [2.75, 3.05) is 6.54 Å². The Morgan fingerprint density at radius 3 is 2.48 bits per heavy atom. The van der Waals surface area contributed by atoms with Crippen LogP contribution in [0.5, 0.6) is 0 Å². The van der Waals surface area contributed by atoms with Crippen LogP contribution in [0.1, 0.15) is 50.3 Å². The highest BCUT2D eigenvalue weighted by atomic mass is 32.2. The molecule has 180 valence electrons. The molecule has 0 bridgehead atoms. The zero-order valence-electron chi connectivity index (χ0n) is 18.6. The number of halogens is 1. The van der Waals surface area contributed by atoms with Gasteiger partial charge in [-0.15, -0.1) is 11.3 Å². The first kappa shape index (κ1) is 25.3. The van der Waals surface area contributed by atoms with Crippen LogP contribution in [-0.4, -0.2) is 43.8 Å². The smallest absolute Gasteiger partial charge is 0.243 e. The number of nitrogens with zero attached hydrogens (tertiary/aromatic N) is 1. The highest BCUT2D eigenvalue weighted by molar-refractivity contribution is 7.89. The molecule has 1 atom stereocenters. The maximum Gasteiger partial charge on any atom is 0.243 e.